The van der Waals surface area contributed by atoms with E-state index >= 15 is 0 Å². The minimum absolute atomic E-state index is 0.00779. The van der Waals surface area contributed by atoms with Gasteiger partial charge in [0, 0.05) is 24.6 Å². The second kappa shape index (κ2) is 6.84. The number of carbonyl (C=O) groups excluding carboxylic acids is 1. The van der Waals surface area contributed by atoms with Gasteiger partial charge >= 0.3 is 0 Å². The average molecular weight is 394 g/mol. The van der Waals surface area contributed by atoms with Crippen LogP contribution in [0.25, 0.3) is 22.3 Å². The molecule has 0 bridgehead atoms. The minimum Gasteiger partial charge on any atom is -0.371 e. The van der Waals surface area contributed by atoms with Gasteiger partial charge in [0.25, 0.3) is 5.91 Å². The van der Waals surface area contributed by atoms with Crippen LogP contribution in [-0.2, 0) is 11.8 Å². The summed E-state index contributed by atoms with van der Waals surface area (Å²) >= 11 is 1.46. The summed E-state index contributed by atoms with van der Waals surface area (Å²) in [5, 5.41) is 18.1. The Labute approximate surface area is 164 Å². The van der Waals surface area contributed by atoms with Crippen LogP contribution in [0.5, 0.6) is 0 Å². The molecule has 1 fully saturated rings. The lowest BCUT2D eigenvalue weighted by Crippen LogP contribution is -2.13. The predicted molar refractivity (Wildman–Crippen MR) is 106 cm³/mol. The number of benzene rings is 1. The first-order valence-electron chi connectivity index (χ1n) is 9.05. The molecule has 0 spiro atoms. The largest absolute Gasteiger partial charge is 0.371 e. The van der Waals surface area contributed by atoms with Gasteiger partial charge in [0.1, 0.15) is 28.3 Å². The average Bonchev–Trinajstić information content (AvgIpc) is 3.49. The zero-order valence-corrected chi connectivity index (χ0v) is 16.0. The van der Waals surface area contributed by atoms with E-state index in [4.69, 9.17) is 4.74 Å². The van der Waals surface area contributed by atoms with Crippen LogP contribution in [-0.4, -0.2) is 37.5 Å². The Balaban J connectivity index is 1.46. The van der Waals surface area contributed by atoms with Crippen molar-refractivity contribution in [2.24, 2.45) is 7.05 Å². The van der Waals surface area contributed by atoms with E-state index < -0.39 is 0 Å². The molecule has 142 valence electrons. The maximum Gasteiger partial charge on any atom is 0.276 e. The highest BCUT2D eigenvalue weighted by molar-refractivity contribution is 7.09. The van der Waals surface area contributed by atoms with Gasteiger partial charge in [-0.2, -0.15) is 10.2 Å². The fourth-order valence-electron chi connectivity index (χ4n) is 3.42. The molecule has 0 saturated carbocycles. The number of aromatic nitrogens is 5. The molecule has 1 atom stereocenters. The van der Waals surface area contributed by atoms with E-state index in [1.807, 2.05) is 37.4 Å². The molecule has 2 N–H and O–H groups in total. The van der Waals surface area contributed by atoms with Crippen molar-refractivity contribution in [2.45, 2.75) is 18.9 Å². The first kappa shape index (κ1) is 17.1. The number of amides is 1. The number of fused-ring (bicyclic) bond motifs is 1. The number of thiazole rings is 1. The number of H-pyrrole nitrogens is 1. The summed E-state index contributed by atoms with van der Waals surface area (Å²) in [5.41, 5.74) is 2.77. The maximum absolute atomic E-state index is 12.8. The molecule has 1 aliphatic heterocycles. The van der Waals surface area contributed by atoms with Gasteiger partial charge in [-0.1, -0.05) is 30.3 Å². The molecule has 4 heterocycles. The molecule has 1 aliphatic rings. The second-order valence-corrected chi connectivity index (χ2v) is 7.55. The van der Waals surface area contributed by atoms with Crippen LogP contribution in [0.1, 0.15) is 34.4 Å². The van der Waals surface area contributed by atoms with Crippen molar-refractivity contribution in [1.82, 2.24) is 25.0 Å². The molecular formula is C19H18N6O2S. The Morgan fingerprint density at radius 2 is 2.21 bits per heavy atom. The van der Waals surface area contributed by atoms with Gasteiger partial charge in [0.2, 0.25) is 0 Å². The lowest BCUT2D eigenvalue weighted by atomic mass is 10.1. The fourth-order valence-corrected chi connectivity index (χ4v) is 4.30. The third-order valence-electron chi connectivity index (χ3n) is 4.79. The Hall–Kier alpha value is -3.04. The van der Waals surface area contributed by atoms with Crippen LogP contribution in [0.2, 0.25) is 0 Å². The SMILES string of the molecule is Cn1nc(-c2ccccc2)c2c(NC(=O)c3csc(C4CCCO4)n3)[nH]nc21. The van der Waals surface area contributed by atoms with Crippen molar-refractivity contribution in [3.8, 4) is 11.3 Å². The van der Waals surface area contributed by atoms with Crippen LogP contribution >= 0.6 is 11.3 Å². The third-order valence-corrected chi connectivity index (χ3v) is 5.72. The number of nitrogens with one attached hydrogen (secondary N) is 2. The predicted octanol–water partition coefficient (Wildman–Crippen LogP) is 3.52. The number of aryl methyl sites for hydroxylation is 1. The standard InChI is InChI=1S/C19H18N6O2S/c1-25-17-14(15(24-25)11-6-3-2-4-7-11)16(22-23-17)21-18(26)12-10-28-19(20-12)13-8-5-9-27-13/h2-4,6-7,10,13H,5,8-9H2,1H3,(H2,21,22,23,26). The van der Waals surface area contributed by atoms with Crippen molar-refractivity contribution in [3.05, 3.63) is 46.4 Å². The molecule has 1 saturated heterocycles. The van der Waals surface area contributed by atoms with E-state index in [2.05, 4.69) is 25.6 Å². The summed E-state index contributed by atoms with van der Waals surface area (Å²) in [6, 6.07) is 9.82. The summed E-state index contributed by atoms with van der Waals surface area (Å²) in [5.74, 6) is 0.229. The number of anilines is 1. The van der Waals surface area contributed by atoms with Gasteiger partial charge in [-0.05, 0) is 12.8 Å². The topological polar surface area (TPSA) is 97.7 Å². The quantitative estimate of drug-likeness (QED) is 0.552. The highest BCUT2D eigenvalue weighted by atomic mass is 32.1. The van der Waals surface area contributed by atoms with Crippen LogP contribution in [0.15, 0.2) is 35.7 Å². The Morgan fingerprint density at radius 3 is 3.00 bits per heavy atom. The molecule has 5 rings (SSSR count). The third kappa shape index (κ3) is 2.88. The van der Waals surface area contributed by atoms with E-state index in [-0.39, 0.29) is 12.0 Å². The summed E-state index contributed by atoms with van der Waals surface area (Å²) < 4.78 is 7.35. The molecule has 4 aromatic rings. The highest BCUT2D eigenvalue weighted by Crippen LogP contribution is 2.33. The molecule has 9 heteroatoms. The number of rotatable bonds is 4. The Bertz CT molecular complexity index is 1140. The molecule has 1 unspecified atom stereocenters. The normalized spacial score (nSPS) is 16.7. The van der Waals surface area contributed by atoms with Crippen molar-refractivity contribution in [3.63, 3.8) is 0 Å². The minimum atomic E-state index is -0.283. The van der Waals surface area contributed by atoms with Crippen LogP contribution in [0, 0.1) is 0 Å². The Kier molecular flexibility index (Phi) is 4.18. The zero-order chi connectivity index (χ0) is 19.1. The van der Waals surface area contributed by atoms with Crippen molar-refractivity contribution >= 4 is 34.1 Å². The lowest BCUT2D eigenvalue weighted by molar-refractivity contribution is 0.101. The van der Waals surface area contributed by atoms with Crippen LogP contribution < -0.4 is 5.32 Å². The lowest BCUT2D eigenvalue weighted by Gasteiger charge is -2.04. The molecule has 1 amide bonds. The second-order valence-electron chi connectivity index (χ2n) is 6.66. The van der Waals surface area contributed by atoms with Crippen molar-refractivity contribution in [1.29, 1.82) is 0 Å². The molecule has 0 radical (unpaired) electrons. The summed E-state index contributed by atoms with van der Waals surface area (Å²) in [6.07, 6.45) is 1.99. The van der Waals surface area contributed by atoms with Crippen molar-refractivity contribution in [2.75, 3.05) is 11.9 Å². The number of ether oxygens (including phenoxy) is 1. The van der Waals surface area contributed by atoms with Gasteiger partial charge in [-0.15, -0.1) is 11.3 Å². The van der Waals surface area contributed by atoms with Gasteiger partial charge in [-0.3, -0.25) is 9.89 Å². The van der Waals surface area contributed by atoms with Crippen LogP contribution in [0.4, 0.5) is 5.82 Å². The number of hydrogen-bond acceptors (Lipinski definition) is 6. The van der Waals surface area contributed by atoms with E-state index in [0.717, 1.165) is 41.1 Å². The zero-order valence-electron chi connectivity index (χ0n) is 15.2. The highest BCUT2D eigenvalue weighted by Gasteiger charge is 2.24. The summed E-state index contributed by atoms with van der Waals surface area (Å²) in [7, 11) is 1.83. The van der Waals surface area contributed by atoms with E-state index in [0.29, 0.717) is 17.2 Å². The van der Waals surface area contributed by atoms with Crippen LogP contribution in [0.3, 0.4) is 0 Å². The molecule has 28 heavy (non-hydrogen) atoms. The van der Waals surface area contributed by atoms with Gasteiger partial charge in [-0.25, -0.2) is 9.67 Å². The number of carbonyl (C=O) groups is 1. The van der Waals surface area contributed by atoms with Gasteiger partial charge < -0.3 is 10.1 Å². The summed E-state index contributed by atoms with van der Waals surface area (Å²) in [6.45, 7) is 0.751. The molecule has 8 nitrogen and oxygen atoms in total. The van der Waals surface area contributed by atoms with E-state index in [1.165, 1.54) is 11.3 Å². The maximum atomic E-state index is 12.8. The van der Waals surface area contributed by atoms with E-state index in [1.54, 1.807) is 10.1 Å². The monoisotopic (exact) mass is 394 g/mol. The number of nitrogens with zero attached hydrogens (tertiary/aromatic N) is 4. The number of hydrogen-bond donors (Lipinski definition) is 2. The van der Waals surface area contributed by atoms with E-state index in [9.17, 15) is 4.79 Å². The molecule has 3 aromatic heterocycles. The first-order chi connectivity index (χ1) is 13.7. The smallest absolute Gasteiger partial charge is 0.276 e. The van der Waals surface area contributed by atoms with Gasteiger partial charge in [0.05, 0.1) is 5.39 Å². The molecular weight excluding hydrogens is 376 g/mol. The van der Waals surface area contributed by atoms with Gasteiger partial charge in [0.15, 0.2) is 5.65 Å². The molecule has 0 aliphatic carbocycles. The fraction of sp³-hybridized carbons (Fsp3) is 0.263. The first-order valence-corrected chi connectivity index (χ1v) is 9.93. The number of aromatic amines is 1. The Morgan fingerprint density at radius 1 is 1.36 bits per heavy atom. The van der Waals surface area contributed by atoms with Crippen molar-refractivity contribution < 1.29 is 9.53 Å². The molecule has 1 aromatic carbocycles. The summed E-state index contributed by atoms with van der Waals surface area (Å²) in [4.78, 5) is 17.2.